The summed E-state index contributed by atoms with van der Waals surface area (Å²) < 4.78 is 5.76. The van der Waals surface area contributed by atoms with E-state index in [2.05, 4.69) is 9.88 Å². The molecular weight excluding hydrogens is 308 g/mol. The van der Waals surface area contributed by atoms with Crippen molar-refractivity contribution in [1.82, 2.24) is 9.88 Å². The molecule has 23 heavy (non-hydrogen) atoms. The summed E-state index contributed by atoms with van der Waals surface area (Å²) in [5.41, 5.74) is 1.07. The Kier molecular flexibility index (Phi) is 6.34. The van der Waals surface area contributed by atoms with Crippen LogP contribution >= 0.6 is 11.8 Å². The summed E-state index contributed by atoms with van der Waals surface area (Å²) >= 11 is 1.96. The SMILES string of the molecule is O=C(CCCc1ccccn1)N(C[C@H]1CCCO1)[C@H]1CCSC1. The van der Waals surface area contributed by atoms with Crippen LogP contribution in [0.4, 0.5) is 0 Å². The van der Waals surface area contributed by atoms with Crippen molar-refractivity contribution in [2.45, 2.75) is 50.7 Å². The highest BCUT2D eigenvalue weighted by Crippen LogP contribution is 2.25. The summed E-state index contributed by atoms with van der Waals surface area (Å²) in [7, 11) is 0. The molecule has 0 spiro atoms. The average molecular weight is 334 g/mol. The van der Waals surface area contributed by atoms with Crippen LogP contribution in [0.25, 0.3) is 0 Å². The van der Waals surface area contributed by atoms with Crippen molar-refractivity contribution in [1.29, 1.82) is 0 Å². The summed E-state index contributed by atoms with van der Waals surface area (Å²) in [6.45, 7) is 1.64. The fraction of sp³-hybridized carbons (Fsp3) is 0.667. The summed E-state index contributed by atoms with van der Waals surface area (Å²) in [6.07, 6.45) is 7.78. The third-order valence-electron chi connectivity index (χ3n) is 4.64. The molecule has 0 saturated carbocycles. The van der Waals surface area contributed by atoms with Gasteiger partial charge in [0.05, 0.1) is 6.10 Å². The predicted molar refractivity (Wildman–Crippen MR) is 93.6 cm³/mol. The van der Waals surface area contributed by atoms with E-state index in [4.69, 9.17) is 4.74 Å². The molecule has 0 N–H and O–H groups in total. The first-order valence-corrected chi connectivity index (χ1v) is 9.87. The number of hydrogen-bond donors (Lipinski definition) is 0. The first-order valence-electron chi connectivity index (χ1n) is 8.71. The van der Waals surface area contributed by atoms with Crippen molar-refractivity contribution in [3.8, 4) is 0 Å². The van der Waals surface area contributed by atoms with E-state index in [0.29, 0.717) is 18.4 Å². The monoisotopic (exact) mass is 334 g/mol. The quantitative estimate of drug-likeness (QED) is 0.769. The van der Waals surface area contributed by atoms with Crippen LogP contribution in [0.15, 0.2) is 24.4 Å². The smallest absolute Gasteiger partial charge is 0.222 e. The molecular formula is C18H26N2O2S. The molecule has 0 unspecified atom stereocenters. The fourth-order valence-electron chi connectivity index (χ4n) is 3.34. The van der Waals surface area contributed by atoms with Crippen LogP contribution in [-0.4, -0.2) is 52.6 Å². The second-order valence-electron chi connectivity index (χ2n) is 6.37. The van der Waals surface area contributed by atoms with Gasteiger partial charge in [-0.3, -0.25) is 9.78 Å². The van der Waals surface area contributed by atoms with E-state index >= 15 is 0 Å². The minimum absolute atomic E-state index is 0.250. The number of ether oxygens (including phenoxy) is 1. The number of hydrogen-bond acceptors (Lipinski definition) is 4. The van der Waals surface area contributed by atoms with Crippen LogP contribution in [0, 0.1) is 0 Å². The molecule has 2 saturated heterocycles. The zero-order valence-electron chi connectivity index (χ0n) is 13.7. The van der Waals surface area contributed by atoms with E-state index in [0.717, 1.165) is 56.7 Å². The summed E-state index contributed by atoms with van der Waals surface area (Å²) in [5, 5.41) is 0. The molecule has 2 atom stereocenters. The molecule has 1 amide bonds. The Balaban J connectivity index is 1.51. The summed E-state index contributed by atoms with van der Waals surface area (Å²) in [4.78, 5) is 19.2. The standard InChI is InChI=1S/C18H26N2O2S/c21-18(8-3-6-15-5-1-2-10-19-15)20(16-9-12-23-14-16)13-17-7-4-11-22-17/h1-2,5,10,16-17H,3-4,6-9,11-14H2/t16-,17+/m0/s1. The molecule has 2 aliphatic rings. The van der Waals surface area contributed by atoms with Crippen molar-refractivity contribution in [2.24, 2.45) is 0 Å². The minimum atomic E-state index is 0.250. The van der Waals surface area contributed by atoms with E-state index < -0.39 is 0 Å². The van der Waals surface area contributed by atoms with Gasteiger partial charge in [-0.1, -0.05) is 6.07 Å². The topological polar surface area (TPSA) is 42.4 Å². The Bertz CT molecular complexity index is 485. The number of nitrogens with zero attached hydrogens (tertiary/aromatic N) is 2. The third kappa shape index (κ3) is 4.95. The maximum Gasteiger partial charge on any atom is 0.222 e. The van der Waals surface area contributed by atoms with Crippen molar-refractivity contribution < 1.29 is 9.53 Å². The highest BCUT2D eigenvalue weighted by molar-refractivity contribution is 7.99. The van der Waals surface area contributed by atoms with Crippen LogP contribution in [0.1, 0.15) is 37.8 Å². The molecule has 2 aliphatic heterocycles. The molecule has 3 rings (SSSR count). The number of carbonyl (C=O) groups is 1. The maximum atomic E-state index is 12.7. The minimum Gasteiger partial charge on any atom is -0.376 e. The van der Waals surface area contributed by atoms with Crippen LogP contribution in [0.2, 0.25) is 0 Å². The lowest BCUT2D eigenvalue weighted by Crippen LogP contribution is -2.44. The maximum absolute atomic E-state index is 12.7. The van der Waals surface area contributed by atoms with Gasteiger partial charge in [0, 0.05) is 43.3 Å². The molecule has 0 aromatic carbocycles. The normalized spacial score (nSPS) is 24.0. The van der Waals surface area contributed by atoms with Gasteiger partial charge >= 0.3 is 0 Å². The Hall–Kier alpha value is -1.07. The molecule has 0 aliphatic carbocycles. The van der Waals surface area contributed by atoms with E-state index in [1.54, 1.807) is 0 Å². The average Bonchev–Trinajstić information content (AvgIpc) is 3.27. The lowest BCUT2D eigenvalue weighted by atomic mass is 10.1. The first kappa shape index (κ1) is 16.8. The molecule has 1 aromatic rings. The molecule has 126 valence electrons. The summed E-state index contributed by atoms with van der Waals surface area (Å²) in [5.74, 6) is 2.55. The number of aryl methyl sites for hydroxylation is 1. The second-order valence-corrected chi connectivity index (χ2v) is 7.52. The highest BCUT2D eigenvalue weighted by Gasteiger charge is 2.30. The number of carbonyl (C=O) groups excluding carboxylic acids is 1. The zero-order valence-corrected chi connectivity index (χ0v) is 14.5. The van der Waals surface area contributed by atoms with Gasteiger partial charge in [-0.15, -0.1) is 0 Å². The number of aromatic nitrogens is 1. The Labute approximate surface area is 143 Å². The molecule has 0 bridgehead atoms. The molecule has 2 fully saturated rings. The lowest BCUT2D eigenvalue weighted by molar-refractivity contribution is -0.134. The Morgan fingerprint density at radius 3 is 3.04 bits per heavy atom. The largest absolute Gasteiger partial charge is 0.376 e. The van der Waals surface area contributed by atoms with Crippen molar-refractivity contribution in [3.63, 3.8) is 0 Å². The van der Waals surface area contributed by atoms with E-state index in [1.165, 1.54) is 5.75 Å². The van der Waals surface area contributed by atoms with E-state index in [-0.39, 0.29) is 6.10 Å². The van der Waals surface area contributed by atoms with Crippen molar-refractivity contribution in [2.75, 3.05) is 24.7 Å². The Morgan fingerprint density at radius 1 is 1.39 bits per heavy atom. The molecule has 5 heteroatoms. The first-order chi connectivity index (χ1) is 11.3. The van der Waals surface area contributed by atoms with Gasteiger partial charge in [-0.25, -0.2) is 0 Å². The number of thioether (sulfide) groups is 1. The molecule has 4 nitrogen and oxygen atoms in total. The van der Waals surface area contributed by atoms with Crippen LogP contribution < -0.4 is 0 Å². The van der Waals surface area contributed by atoms with Crippen molar-refractivity contribution >= 4 is 17.7 Å². The van der Waals surface area contributed by atoms with Crippen LogP contribution in [0.5, 0.6) is 0 Å². The number of rotatable bonds is 7. The second kappa shape index (κ2) is 8.69. The lowest BCUT2D eigenvalue weighted by Gasteiger charge is -2.31. The predicted octanol–water partition coefficient (Wildman–Crippen LogP) is 2.92. The summed E-state index contributed by atoms with van der Waals surface area (Å²) in [6, 6.07) is 6.37. The number of amides is 1. The van der Waals surface area contributed by atoms with Crippen LogP contribution in [0.3, 0.4) is 0 Å². The van der Waals surface area contributed by atoms with Gasteiger partial charge in [-0.2, -0.15) is 11.8 Å². The van der Waals surface area contributed by atoms with Crippen LogP contribution in [-0.2, 0) is 16.0 Å². The van der Waals surface area contributed by atoms with Gasteiger partial charge in [0.25, 0.3) is 0 Å². The van der Waals surface area contributed by atoms with Gasteiger partial charge in [0.1, 0.15) is 0 Å². The van der Waals surface area contributed by atoms with Gasteiger partial charge < -0.3 is 9.64 Å². The van der Waals surface area contributed by atoms with E-state index in [9.17, 15) is 4.79 Å². The van der Waals surface area contributed by atoms with Gasteiger partial charge in [-0.05, 0) is 50.0 Å². The van der Waals surface area contributed by atoms with Gasteiger partial charge in [0.2, 0.25) is 5.91 Å². The third-order valence-corrected chi connectivity index (χ3v) is 5.79. The van der Waals surface area contributed by atoms with E-state index in [1.807, 2.05) is 36.2 Å². The van der Waals surface area contributed by atoms with Gasteiger partial charge in [0.15, 0.2) is 0 Å². The Morgan fingerprint density at radius 2 is 2.35 bits per heavy atom. The highest BCUT2D eigenvalue weighted by atomic mass is 32.2. The zero-order chi connectivity index (χ0) is 15.9. The molecule has 3 heterocycles. The van der Waals surface area contributed by atoms with Crippen molar-refractivity contribution in [3.05, 3.63) is 30.1 Å². The molecule has 1 aromatic heterocycles. The number of pyridine rings is 1. The fourth-order valence-corrected chi connectivity index (χ4v) is 4.56. The molecule has 0 radical (unpaired) electrons.